The number of anilines is 2. The molecule has 0 bridgehead atoms. The monoisotopic (exact) mass is 388 g/mol. The molecule has 5 rings (SSSR count). The predicted molar refractivity (Wildman–Crippen MR) is 102 cm³/mol. The van der Waals surface area contributed by atoms with Gasteiger partial charge in [0, 0.05) is 17.2 Å². The van der Waals surface area contributed by atoms with Crippen molar-refractivity contribution < 1.29 is 4.92 Å². The zero-order valence-corrected chi connectivity index (χ0v) is 14.7. The number of hydrogen-bond acceptors (Lipinski definition) is 8. The minimum atomic E-state index is -0.817. The molecular formula is C18H12N8O3. The highest BCUT2D eigenvalue weighted by Gasteiger charge is 2.37. The van der Waals surface area contributed by atoms with E-state index in [4.69, 9.17) is 0 Å². The number of para-hydroxylation sites is 1. The van der Waals surface area contributed by atoms with E-state index in [0.29, 0.717) is 16.8 Å². The molecule has 1 aliphatic heterocycles. The Morgan fingerprint density at radius 2 is 1.83 bits per heavy atom. The normalized spacial score (nSPS) is 14.6. The smallest absolute Gasteiger partial charge is 0.288 e. The molecule has 2 N–H and O–H groups in total. The third-order valence-electron chi connectivity index (χ3n) is 4.74. The topological polar surface area (TPSA) is 145 Å². The van der Waals surface area contributed by atoms with E-state index in [1.165, 1.54) is 10.7 Å². The summed E-state index contributed by atoms with van der Waals surface area (Å²) in [6.07, 6.45) is 0. The van der Waals surface area contributed by atoms with E-state index in [1.54, 1.807) is 18.2 Å². The first-order chi connectivity index (χ1) is 14.1. The van der Waals surface area contributed by atoms with Crippen LogP contribution in [0.25, 0.3) is 11.3 Å². The predicted octanol–water partition coefficient (Wildman–Crippen LogP) is 2.03. The first-order valence-corrected chi connectivity index (χ1v) is 8.61. The summed E-state index contributed by atoms with van der Waals surface area (Å²) >= 11 is 0. The Morgan fingerprint density at radius 1 is 1.07 bits per heavy atom. The number of nitro benzene ring substituents is 1. The van der Waals surface area contributed by atoms with Gasteiger partial charge in [0.1, 0.15) is 11.7 Å². The molecule has 0 spiro atoms. The van der Waals surface area contributed by atoms with Crippen LogP contribution in [0.1, 0.15) is 17.2 Å². The van der Waals surface area contributed by atoms with E-state index < -0.39 is 16.5 Å². The van der Waals surface area contributed by atoms with Crippen LogP contribution >= 0.6 is 0 Å². The van der Waals surface area contributed by atoms with E-state index in [2.05, 4.69) is 31.0 Å². The summed E-state index contributed by atoms with van der Waals surface area (Å²) in [5.74, 6) is 0.205. The largest absolute Gasteiger partial charge is 0.318 e. The Kier molecular flexibility index (Phi) is 3.66. The molecule has 0 radical (unpaired) electrons. The molecule has 1 atom stereocenters. The summed E-state index contributed by atoms with van der Waals surface area (Å²) in [5, 5.41) is 32.9. The van der Waals surface area contributed by atoms with E-state index in [0.717, 1.165) is 5.56 Å². The average Bonchev–Trinajstić information content (AvgIpc) is 3.22. The second-order valence-corrected chi connectivity index (χ2v) is 6.35. The Balaban J connectivity index is 1.87. The maximum atomic E-state index is 12.6. The molecule has 29 heavy (non-hydrogen) atoms. The summed E-state index contributed by atoms with van der Waals surface area (Å²) in [5.41, 5.74) is 1.62. The number of rotatable bonds is 3. The number of benzene rings is 2. The van der Waals surface area contributed by atoms with E-state index in [-0.39, 0.29) is 17.3 Å². The highest BCUT2D eigenvalue weighted by atomic mass is 16.6. The van der Waals surface area contributed by atoms with Crippen LogP contribution in [0.15, 0.2) is 59.4 Å². The van der Waals surface area contributed by atoms with Crippen LogP contribution in [0.3, 0.4) is 0 Å². The minimum Gasteiger partial charge on any atom is -0.318 e. The van der Waals surface area contributed by atoms with Gasteiger partial charge in [-0.1, -0.05) is 47.6 Å². The van der Waals surface area contributed by atoms with Crippen LogP contribution in [-0.4, -0.2) is 35.3 Å². The molecule has 11 heteroatoms. The Morgan fingerprint density at radius 3 is 2.62 bits per heavy atom. The zero-order chi connectivity index (χ0) is 20.0. The van der Waals surface area contributed by atoms with Crippen molar-refractivity contribution in [3.05, 3.63) is 86.2 Å². The lowest BCUT2D eigenvalue weighted by molar-refractivity contribution is -0.385. The fraction of sp³-hybridized carbons (Fsp3) is 0.0556. The second-order valence-electron chi connectivity index (χ2n) is 6.35. The lowest BCUT2D eigenvalue weighted by atomic mass is 9.91. The van der Waals surface area contributed by atoms with Gasteiger partial charge in [-0.2, -0.15) is 9.78 Å². The Bertz CT molecular complexity index is 1300. The highest BCUT2D eigenvalue weighted by molar-refractivity contribution is 5.76. The van der Waals surface area contributed by atoms with Crippen LogP contribution in [0.4, 0.5) is 17.3 Å². The molecular weight excluding hydrogens is 376 g/mol. The van der Waals surface area contributed by atoms with Crippen LogP contribution in [0.5, 0.6) is 0 Å². The van der Waals surface area contributed by atoms with Gasteiger partial charge >= 0.3 is 0 Å². The fourth-order valence-corrected chi connectivity index (χ4v) is 3.53. The molecule has 3 heterocycles. The number of nitro groups is 1. The number of nitrogens with one attached hydrogen (secondary N) is 2. The quantitative estimate of drug-likeness (QED) is 0.353. The minimum absolute atomic E-state index is 0.105. The lowest BCUT2D eigenvalue weighted by Gasteiger charge is -2.27. The van der Waals surface area contributed by atoms with Crippen LogP contribution in [0.2, 0.25) is 0 Å². The van der Waals surface area contributed by atoms with Crippen molar-refractivity contribution in [2.45, 2.75) is 6.04 Å². The van der Waals surface area contributed by atoms with Crippen molar-refractivity contribution in [2.24, 2.45) is 0 Å². The molecule has 142 valence electrons. The van der Waals surface area contributed by atoms with E-state index in [1.807, 2.05) is 30.3 Å². The van der Waals surface area contributed by atoms with Crippen LogP contribution in [0, 0.1) is 10.1 Å². The van der Waals surface area contributed by atoms with Crippen LogP contribution in [-0.2, 0) is 0 Å². The van der Waals surface area contributed by atoms with Gasteiger partial charge in [0.25, 0.3) is 11.2 Å². The molecule has 1 aliphatic rings. The number of H-pyrrole nitrogens is 1. The molecule has 0 fully saturated rings. The molecule has 2 aromatic heterocycles. The molecule has 4 aromatic rings. The number of hydrogen-bond donors (Lipinski definition) is 2. The fourth-order valence-electron chi connectivity index (χ4n) is 3.53. The van der Waals surface area contributed by atoms with Gasteiger partial charge in [-0.05, 0) is 16.5 Å². The summed E-state index contributed by atoms with van der Waals surface area (Å²) in [4.78, 5) is 23.8. The summed E-state index contributed by atoms with van der Waals surface area (Å²) in [6.45, 7) is 0. The van der Waals surface area contributed by atoms with Gasteiger partial charge in [0.2, 0.25) is 5.95 Å². The van der Waals surface area contributed by atoms with Gasteiger partial charge in [0.05, 0.1) is 16.2 Å². The first kappa shape index (κ1) is 16.7. The van der Waals surface area contributed by atoms with Crippen molar-refractivity contribution in [3.8, 4) is 11.3 Å². The van der Waals surface area contributed by atoms with Crippen LogP contribution < -0.4 is 10.9 Å². The second kappa shape index (κ2) is 6.34. The zero-order valence-electron chi connectivity index (χ0n) is 14.7. The number of fused-ring (bicyclic) bond motifs is 2. The molecule has 0 saturated heterocycles. The molecule has 0 saturated carbocycles. The maximum Gasteiger partial charge on any atom is 0.288 e. The number of aromatic nitrogens is 6. The molecule has 0 aliphatic carbocycles. The van der Waals surface area contributed by atoms with Gasteiger partial charge in [0.15, 0.2) is 0 Å². The van der Waals surface area contributed by atoms with Crippen molar-refractivity contribution in [3.63, 3.8) is 0 Å². The van der Waals surface area contributed by atoms with Crippen molar-refractivity contribution in [1.29, 1.82) is 0 Å². The van der Waals surface area contributed by atoms with Gasteiger partial charge in [-0.15, -0.1) is 0 Å². The standard InChI is InChI=1S/C18H12N8O3/c27-17-15-13(14(20-21-17)10-6-2-1-3-7-10)16(25-18(19-15)22-23-24-25)11-8-4-5-9-12(11)26(28)29/h1-9,16H,(H,21,27)(H,19,22,24)/t16-/m1/s1. The lowest BCUT2D eigenvalue weighted by Crippen LogP contribution is -2.29. The highest BCUT2D eigenvalue weighted by Crippen LogP contribution is 2.43. The number of nitrogens with zero attached hydrogens (tertiary/aromatic N) is 6. The van der Waals surface area contributed by atoms with Gasteiger partial charge in [-0.25, -0.2) is 5.10 Å². The molecule has 0 unspecified atom stereocenters. The Hall–Kier alpha value is -4.41. The number of tetrazole rings is 1. The molecule has 11 nitrogen and oxygen atoms in total. The summed E-state index contributed by atoms with van der Waals surface area (Å²) in [7, 11) is 0. The molecule has 0 amide bonds. The van der Waals surface area contributed by atoms with Gasteiger partial charge in [-0.3, -0.25) is 14.9 Å². The summed E-state index contributed by atoms with van der Waals surface area (Å²) in [6, 6.07) is 14.7. The van der Waals surface area contributed by atoms with E-state index in [9.17, 15) is 14.9 Å². The van der Waals surface area contributed by atoms with Crippen molar-refractivity contribution in [2.75, 3.05) is 5.32 Å². The third kappa shape index (κ3) is 2.56. The Labute approximate surface area is 162 Å². The van der Waals surface area contributed by atoms with E-state index >= 15 is 0 Å². The summed E-state index contributed by atoms with van der Waals surface area (Å²) < 4.78 is 1.41. The SMILES string of the molecule is O=c1[nH]nc(-c2ccccc2)c2c1Nc1nnnn1[C@@H]2c1ccccc1[N+](=O)[O-]. The average molecular weight is 388 g/mol. The number of aromatic amines is 1. The van der Waals surface area contributed by atoms with Crippen molar-refractivity contribution in [1.82, 2.24) is 30.4 Å². The van der Waals surface area contributed by atoms with Gasteiger partial charge < -0.3 is 5.32 Å². The molecule has 2 aromatic carbocycles. The third-order valence-corrected chi connectivity index (χ3v) is 4.74. The van der Waals surface area contributed by atoms with Crippen molar-refractivity contribution >= 4 is 17.3 Å². The maximum absolute atomic E-state index is 12.6. The first-order valence-electron chi connectivity index (χ1n) is 8.61.